The van der Waals surface area contributed by atoms with Crippen LogP contribution in [0.4, 0.5) is 19.0 Å². The van der Waals surface area contributed by atoms with Gasteiger partial charge in [-0.1, -0.05) is 0 Å². The molecule has 0 atom stereocenters. The number of amides is 1. The minimum atomic E-state index is -2.78. The second kappa shape index (κ2) is 8.96. The number of benzene rings is 1. The topological polar surface area (TPSA) is 70.6 Å². The molecule has 188 valence electrons. The van der Waals surface area contributed by atoms with E-state index in [1.54, 1.807) is 13.8 Å². The fourth-order valence-electron chi connectivity index (χ4n) is 5.47. The van der Waals surface area contributed by atoms with E-state index in [0.29, 0.717) is 11.6 Å². The number of hydrogen-bond acceptors (Lipinski definition) is 6. The Bertz CT molecular complexity index is 1090. The molecule has 1 aromatic carbocycles. The van der Waals surface area contributed by atoms with E-state index in [0.717, 1.165) is 45.1 Å². The third kappa shape index (κ3) is 4.68. The summed E-state index contributed by atoms with van der Waals surface area (Å²) in [5, 5.41) is 3.39. The van der Waals surface area contributed by atoms with Crippen molar-refractivity contribution in [2.24, 2.45) is 5.41 Å². The third-order valence-corrected chi connectivity index (χ3v) is 7.32. The molecule has 1 aromatic heterocycles. The number of ether oxygens (including phenoxy) is 1. The van der Waals surface area contributed by atoms with Gasteiger partial charge in [-0.15, -0.1) is 0 Å². The van der Waals surface area contributed by atoms with Crippen LogP contribution in [0.15, 0.2) is 30.7 Å². The van der Waals surface area contributed by atoms with Gasteiger partial charge in [0.1, 0.15) is 17.9 Å². The zero-order chi connectivity index (χ0) is 24.8. The summed E-state index contributed by atoms with van der Waals surface area (Å²) in [6.45, 7) is 7.24. The second-order valence-electron chi connectivity index (χ2n) is 10.3. The van der Waals surface area contributed by atoms with Gasteiger partial charge in [0.2, 0.25) is 0 Å². The van der Waals surface area contributed by atoms with E-state index in [4.69, 9.17) is 4.74 Å². The Morgan fingerprint density at radius 1 is 1.20 bits per heavy atom. The maximum Gasteiger partial charge on any atom is 0.258 e. The number of halogens is 3. The molecule has 10 heteroatoms. The van der Waals surface area contributed by atoms with Crippen molar-refractivity contribution in [2.75, 3.05) is 31.1 Å². The molecule has 2 aromatic rings. The molecule has 1 spiro atoms. The molecule has 0 radical (unpaired) electrons. The maximum absolute atomic E-state index is 14.2. The van der Waals surface area contributed by atoms with Gasteiger partial charge in [-0.05, 0) is 58.0 Å². The van der Waals surface area contributed by atoms with Crippen LogP contribution in [0.1, 0.15) is 49.9 Å². The zero-order valence-corrected chi connectivity index (χ0v) is 19.9. The van der Waals surface area contributed by atoms with Crippen LogP contribution in [0.3, 0.4) is 0 Å². The van der Waals surface area contributed by atoms with E-state index in [-0.39, 0.29) is 22.8 Å². The molecule has 7 nitrogen and oxygen atoms in total. The lowest BCUT2D eigenvalue weighted by molar-refractivity contribution is -0.120. The molecule has 5 rings (SSSR count). The number of aromatic nitrogens is 2. The Morgan fingerprint density at radius 3 is 2.57 bits per heavy atom. The SMILES string of the molecule is CC(C)N(C(=O)c1cc(F)ccc1Oc1cncnc1N1CC2(CCNCC2)C1)C1CC(F)(F)C1. The smallest absolute Gasteiger partial charge is 0.258 e. The van der Waals surface area contributed by atoms with Gasteiger partial charge < -0.3 is 19.9 Å². The summed E-state index contributed by atoms with van der Waals surface area (Å²) in [7, 11) is 0. The molecule has 1 N–H and O–H groups in total. The fraction of sp³-hybridized carbons (Fsp3) is 0.560. The number of anilines is 1. The standard InChI is InChI=1S/C25H30F3N5O2/c1-16(2)33(18-10-25(27,28)11-18)23(34)19-9-17(26)3-4-20(19)35-21-12-30-15-31-22(21)32-13-24(14-32)5-7-29-8-6-24/h3-4,9,12,15-16,18,29H,5-8,10-11,13-14H2,1-2H3. The first-order chi connectivity index (χ1) is 16.7. The van der Waals surface area contributed by atoms with Gasteiger partial charge in [0.25, 0.3) is 11.8 Å². The van der Waals surface area contributed by atoms with Crippen molar-refractivity contribution in [3.05, 3.63) is 42.1 Å². The second-order valence-corrected chi connectivity index (χ2v) is 10.3. The van der Waals surface area contributed by atoms with Crippen LogP contribution >= 0.6 is 0 Å². The van der Waals surface area contributed by atoms with Crippen LogP contribution in [0.25, 0.3) is 0 Å². The quantitative estimate of drug-likeness (QED) is 0.655. The molecule has 35 heavy (non-hydrogen) atoms. The maximum atomic E-state index is 14.2. The summed E-state index contributed by atoms with van der Waals surface area (Å²) in [5.74, 6) is -2.80. The first-order valence-corrected chi connectivity index (χ1v) is 12.1. The van der Waals surface area contributed by atoms with Crippen molar-refractivity contribution in [1.29, 1.82) is 0 Å². The van der Waals surface area contributed by atoms with Crippen molar-refractivity contribution >= 4 is 11.7 Å². The summed E-state index contributed by atoms with van der Waals surface area (Å²) in [6, 6.07) is 2.75. The van der Waals surface area contributed by atoms with Crippen LogP contribution in [-0.4, -0.2) is 65.0 Å². The zero-order valence-electron chi connectivity index (χ0n) is 19.9. The fourth-order valence-corrected chi connectivity index (χ4v) is 5.47. The first kappa shape index (κ1) is 23.8. The normalized spacial score (nSPS) is 20.9. The van der Waals surface area contributed by atoms with Crippen molar-refractivity contribution in [2.45, 2.75) is 57.5 Å². The molecule has 1 aliphatic carbocycles. The minimum Gasteiger partial charge on any atom is -0.451 e. The van der Waals surface area contributed by atoms with E-state index >= 15 is 0 Å². The lowest BCUT2D eigenvalue weighted by Crippen LogP contribution is -2.60. The van der Waals surface area contributed by atoms with Gasteiger partial charge in [0.15, 0.2) is 11.6 Å². The van der Waals surface area contributed by atoms with E-state index in [2.05, 4.69) is 20.2 Å². The number of hydrogen-bond donors (Lipinski definition) is 1. The molecular weight excluding hydrogens is 459 g/mol. The minimum absolute atomic E-state index is 0.0119. The number of carbonyl (C=O) groups is 1. The van der Waals surface area contributed by atoms with E-state index in [9.17, 15) is 18.0 Å². The molecule has 2 aliphatic heterocycles. The van der Waals surface area contributed by atoms with Gasteiger partial charge in [0, 0.05) is 43.4 Å². The lowest BCUT2D eigenvalue weighted by atomic mass is 9.72. The monoisotopic (exact) mass is 489 g/mol. The Labute approximate surface area is 202 Å². The summed E-state index contributed by atoms with van der Waals surface area (Å²) >= 11 is 0. The molecule has 3 heterocycles. The van der Waals surface area contributed by atoms with Gasteiger partial charge in [-0.2, -0.15) is 0 Å². The van der Waals surface area contributed by atoms with Crippen molar-refractivity contribution in [3.8, 4) is 11.5 Å². The average molecular weight is 490 g/mol. The summed E-state index contributed by atoms with van der Waals surface area (Å²) in [5.41, 5.74) is 0.259. The summed E-state index contributed by atoms with van der Waals surface area (Å²) < 4.78 is 47.4. The number of nitrogens with one attached hydrogen (secondary N) is 1. The number of alkyl halides is 2. The predicted molar refractivity (Wildman–Crippen MR) is 125 cm³/mol. The van der Waals surface area contributed by atoms with Gasteiger partial charge in [-0.3, -0.25) is 4.79 Å². The highest BCUT2D eigenvalue weighted by Crippen LogP contribution is 2.45. The summed E-state index contributed by atoms with van der Waals surface area (Å²) in [6.07, 6.45) is 4.39. The number of carbonyl (C=O) groups excluding carboxylic acids is 1. The van der Waals surface area contributed by atoms with Gasteiger partial charge in [0.05, 0.1) is 11.8 Å². The Morgan fingerprint density at radius 2 is 1.91 bits per heavy atom. The van der Waals surface area contributed by atoms with Crippen LogP contribution in [0.5, 0.6) is 11.5 Å². The predicted octanol–water partition coefficient (Wildman–Crippen LogP) is 4.25. The van der Waals surface area contributed by atoms with E-state index < -0.39 is 36.5 Å². The van der Waals surface area contributed by atoms with Gasteiger partial charge >= 0.3 is 0 Å². The molecule has 0 bridgehead atoms. The van der Waals surface area contributed by atoms with Gasteiger partial charge in [-0.25, -0.2) is 23.1 Å². The largest absolute Gasteiger partial charge is 0.451 e. The number of nitrogens with zero attached hydrogens (tertiary/aromatic N) is 4. The Hall–Kier alpha value is -2.88. The van der Waals surface area contributed by atoms with Crippen LogP contribution in [0, 0.1) is 11.2 Å². The molecular formula is C25H30F3N5O2. The highest BCUT2D eigenvalue weighted by Gasteiger charge is 2.50. The highest BCUT2D eigenvalue weighted by molar-refractivity contribution is 5.97. The number of piperidine rings is 1. The Kier molecular flexibility index (Phi) is 6.11. The third-order valence-electron chi connectivity index (χ3n) is 7.32. The Balaban J connectivity index is 1.39. The van der Waals surface area contributed by atoms with Crippen molar-refractivity contribution in [1.82, 2.24) is 20.2 Å². The van der Waals surface area contributed by atoms with E-state index in [1.807, 2.05) is 0 Å². The molecule has 1 amide bonds. The molecule has 0 unspecified atom stereocenters. The molecule has 2 saturated heterocycles. The first-order valence-electron chi connectivity index (χ1n) is 12.1. The van der Waals surface area contributed by atoms with Crippen LogP contribution < -0.4 is 15.0 Å². The van der Waals surface area contributed by atoms with Crippen molar-refractivity contribution in [3.63, 3.8) is 0 Å². The van der Waals surface area contributed by atoms with Crippen LogP contribution in [-0.2, 0) is 0 Å². The van der Waals surface area contributed by atoms with Crippen molar-refractivity contribution < 1.29 is 22.7 Å². The average Bonchev–Trinajstić information content (AvgIpc) is 2.78. The lowest BCUT2D eigenvalue weighted by Gasteiger charge is -2.53. The summed E-state index contributed by atoms with van der Waals surface area (Å²) in [4.78, 5) is 25.5. The highest BCUT2D eigenvalue weighted by atomic mass is 19.3. The van der Waals surface area contributed by atoms with Crippen LogP contribution in [0.2, 0.25) is 0 Å². The molecule has 3 fully saturated rings. The molecule has 3 aliphatic rings. The molecule has 1 saturated carbocycles. The van der Waals surface area contributed by atoms with E-state index in [1.165, 1.54) is 29.6 Å². The number of rotatable bonds is 6.